The lowest BCUT2D eigenvalue weighted by atomic mass is 10.1. The van der Waals surface area contributed by atoms with Crippen LogP contribution in [0.25, 0.3) is 6.08 Å². The van der Waals surface area contributed by atoms with Gasteiger partial charge in [0, 0.05) is 18.8 Å². The number of rotatable bonds is 8. The van der Waals surface area contributed by atoms with Crippen molar-refractivity contribution in [3.05, 3.63) is 29.5 Å². The van der Waals surface area contributed by atoms with Crippen LogP contribution in [0.1, 0.15) is 30.9 Å². The van der Waals surface area contributed by atoms with Crippen molar-refractivity contribution in [1.29, 1.82) is 0 Å². The van der Waals surface area contributed by atoms with Gasteiger partial charge in [0.25, 0.3) is 0 Å². The monoisotopic (exact) mass is 291 g/mol. The van der Waals surface area contributed by atoms with Gasteiger partial charge in [0.15, 0.2) is 0 Å². The highest BCUT2D eigenvalue weighted by molar-refractivity contribution is 5.85. The molecule has 0 atom stereocenters. The number of nitrogens with two attached hydrogens (primary N) is 1. The molecule has 114 valence electrons. The van der Waals surface area contributed by atoms with Crippen LogP contribution in [0.4, 0.5) is 5.82 Å². The smallest absolute Gasteiger partial charge is 0.328 e. The minimum atomic E-state index is -1.00. The zero-order valence-corrected chi connectivity index (χ0v) is 12.4. The molecule has 0 fully saturated rings. The fraction of sp³-hybridized carbons (Fsp3) is 0.400. The number of aromatic nitrogens is 1. The van der Waals surface area contributed by atoms with Gasteiger partial charge in [-0.1, -0.05) is 13.3 Å². The number of carboxylic acids is 1. The third kappa shape index (κ3) is 5.64. The molecule has 0 bridgehead atoms. The molecule has 6 heteroatoms. The molecule has 0 aliphatic heterocycles. The van der Waals surface area contributed by atoms with Crippen LogP contribution in [0.2, 0.25) is 0 Å². The number of hydrogen-bond donors (Lipinski definition) is 2. The lowest BCUT2D eigenvalue weighted by molar-refractivity contribution is -0.131. The Balaban J connectivity index is 2.98. The van der Waals surface area contributed by atoms with E-state index in [2.05, 4.69) is 11.9 Å². The Bertz CT molecular complexity index is 541. The first-order valence-corrected chi connectivity index (χ1v) is 6.85. The summed E-state index contributed by atoms with van der Waals surface area (Å²) >= 11 is 0. The number of carbonyl (C=O) groups is 2. The summed E-state index contributed by atoms with van der Waals surface area (Å²) in [5.74, 6) is -0.702. The number of hydrogen-bond acceptors (Lipinski definition) is 4. The summed E-state index contributed by atoms with van der Waals surface area (Å²) < 4.78 is 0. The second-order valence-corrected chi connectivity index (χ2v) is 4.82. The van der Waals surface area contributed by atoms with E-state index in [1.807, 2.05) is 17.9 Å². The van der Waals surface area contributed by atoms with Crippen molar-refractivity contribution in [2.45, 2.75) is 26.7 Å². The largest absolute Gasteiger partial charge is 0.478 e. The quantitative estimate of drug-likeness (QED) is 0.709. The highest BCUT2D eigenvalue weighted by Gasteiger charge is 2.13. The maximum Gasteiger partial charge on any atom is 0.328 e. The number of unbranched alkanes of at least 4 members (excludes halogenated alkanes) is 1. The predicted molar refractivity (Wildman–Crippen MR) is 82.0 cm³/mol. The first-order valence-electron chi connectivity index (χ1n) is 6.85. The summed E-state index contributed by atoms with van der Waals surface area (Å²) in [6.07, 6.45) is 6.08. The Labute approximate surface area is 124 Å². The van der Waals surface area contributed by atoms with Gasteiger partial charge in [-0.2, -0.15) is 0 Å². The summed E-state index contributed by atoms with van der Waals surface area (Å²) in [6, 6.07) is 1.84. The van der Waals surface area contributed by atoms with Crippen molar-refractivity contribution >= 4 is 23.8 Å². The van der Waals surface area contributed by atoms with Crippen molar-refractivity contribution in [3.63, 3.8) is 0 Å². The minimum absolute atomic E-state index is 0.123. The molecule has 1 aromatic rings. The lowest BCUT2D eigenvalue weighted by Crippen LogP contribution is -2.35. The molecule has 0 radical (unpaired) electrons. The van der Waals surface area contributed by atoms with Crippen LogP contribution in [0.5, 0.6) is 0 Å². The zero-order valence-electron chi connectivity index (χ0n) is 12.4. The van der Waals surface area contributed by atoms with Gasteiger partial charge in [0.1, 0.15) is 5.82 Å². The number of carboxylic acid groups (broad SMARTS) is 1. The molecule has 1 amide bonds. The zero-order chi connectivity index (χ0) is 15.8. The van der Waals surface area contributed by atoms with Gasteiger partial charge in [-0.15, -0.1) is 0 Å². The molecule has 0 aliphatic rings. The normalized spacial score (nSPS) is 10.8. The first kappa shape index (κ1) is 16.7. The molecule has 0 aliphatic carbocycles. The molecule has 0 spiro atoms. The summed E-state index contributed by atoms with van der Waals surface area (Å²) in [5, 5.41) is 8.62. The van der Waals surface area contributed by atoms with Crippen LogP contribution >= 0.6 is 0 Å². The molecule has 0 saturated heterocycles. The maximum absolute atomic E-state index is 11.2. The van der Waals surface area contributed by atoms with E-state index >= 15 is 0 Å². The topological polar surface area (TPSA) is 96.5 Å². The number of nitrogens with zero attached hydrogens (tertiary/aromatic N) is 2. The SMILES string of the molecule is CCCCN(CC(N)=O)c1ncc(/C=C/C(=O)O)cc1C. The number of primary amides is 1. The average molecular weight is 291 g/mol. The van der Waals surface area contributed by atoms with Crippen LogP contribution in [0, 0.1) is 6.92 Å². The number of carbonyl (C=O) groups excluding carboxylic acids is 1. The summed E-state index contributed by atoms with van der Waals surface area (Å²) in [7, 11) is 0. The van der Waals surface area contributed by atoms with Crippen LogP contribution in [0.3, 0.4) is 0 Å². The van der Waals surface area contributed by atoms with Gasteiger partial charge in [-0.25, -0.2) is 9.78 Å². The van der Waals surface area contributed by atoms with Crippen LogP contribution in [-0.4, -0.2) is 35.1 Å². The summed E-state index contributed by atoms with van der Waals surface area (Å²) in [6.45, 7) is 4.78. The van der Waals surface area contributed by atoms with Gasteiger partial charge in [-0.05, 0) is 36.6 Å². The predicted octanol–water partition coefficient (Wildman–Crippen LogP) is 1.58. The van der Waals surface area contributed by atoms with E-state index < -0.39 is 11.9 Å². The molecule has 0 saturated carbocycles. The molecule has 21 heavy (non-hydrogen) atoms. The number of aliphatic carboxylic acids is 1. The van der Waals surface area contributed by atoms with E-state index in [1.54, 1.807) is 6.20 Å². The van der Waals surface area contributed by atoms with Gasteiger partial charge in [0.2, 0.25) is 5.91 Å². The van der Waals surface area contributed by atoms with Crippen LogP contribution in [0.15, 0.2) is 18.3 Å². The highest BCUT2D eigenvalue weighted by atomic mass is 16.4. The number of pyridine rings is 1. The van der Waals surface area contributed by atoms with Crippen LogP contribution < -0.4 is 10.6 Å². The van der Waals surface area contributed by atoms with Gasteiger partial charge >= 0.3 is 5.97 Å². The third-order valence-corrected chi connectivity index (χ3v) is 2.92. The Morgan fingerprint density at radius 3 is 2.71 bits per heavy atom. The van der Waals surface area contributed by atoms with Crippen molar-refractivity contribution in [3.8, 4) is 0 Å². The van der Waals surface area contributed by atoms with Crippen molar-refractivity contribution in [1.82, 2.24) is 4.98 Å². The Morgan fingerprint density at radius 1 is 1.48 bits per heavy atom. The minimum Gasteiger partial charge on any atom is -0.478 e. The van der Waals surface area contributed by atoms with Gasteiger partial charge < -0.3 is 15.7 Å². The van der Waals surface area contributed by atoms with E-state index in [0.717, 1.165) is 24.5 Å². The van der Waals surface area contributed by atoms with Crippen molar-refractivity contribution in [2.75, 3.05) is 18.0 Å². The van der Waals surface area contributed by atoms with Crippen molar-refractivity contribution < 1.29 is 14.7 Å². The van der Waals surface area contributed by atoms with Gasteiger partial charge in [-0.3, -0.25) is 4.79 Å². The second kappa shape index (κ2) is 8.04. The summed E-state index contributed by atoms with van der Waals surface area (Å²) in [4.78, 5) is 27.9. The van der Waals surface area contributed by atoms with E-state index in [4.69, 9.17) is 10.8 Å². The molecular formula is C15H21N3O3. The highest BCUT2D eigenvalue weighted by Crippen LogP contribution is 2.19. The molecule has 3 N–H and O–H groups in total. The Morgan fingerprint density at radius 2 is 2.19 bits per heavy atom. The standard InChI is InChI=1S/C15H21N3O3/c1-3-4-7-18(10-13(16)19)15-11(2)8-12(9-17-15)5-6-14(20)21/h5-6,8-9H,3-4,7,10H2,1-2H3,(H2,16,19)(H,20,21)/b6-5+. The van der Waals surface area contributed by atoms with E-state index in [0.29, 0.717) is 17.9 Å². The molecule has 1 heterocycles. The average Bonchev–Trinajstić information content (AvgIpc) is 2.41. The molecular weight excluding hydrogens is 270 g/mol. The van der Waals surface area contributed by atoms with E-state index in [-0.39, 0.29) is 6.54 Å². The first-order chi connectivity index (χ1) is 9.93. The lowest BCUT2D eigenvalue weighted by Gasteiger charge is -2.23. The fourth-order valence-corrected chi connectivity index (χ4v) is 1.98. The Hall–Kier alpha value is -2.37. The van der Waals surface area contributed by atoms with E-state index in [1.165, 1.54) is 6.08 Å². The molecule has 0 aromatic carbocycles. The molecule has 6 nitrogen and oxygen atoms in total. The maximum atomic E-state index is 11.2. The van der Waals surface area contributed by atoms with E-state index in [9.17, 15) is 9.59 Å². The number of amides is 1. The molecule has 1 aromatic heterocycles. The number of aryl methyl sites for hydroxylation is 1. The molecule has 1 rings (SSSR count). The fourth-order valence-electron chi connectivity index (χ4n) is 1.98. The van der Waals surface area contributed by atoms with Crippen LogP contribution in [-0.2, 0) is 9.59 Å². The number of anilines is 1. The third-order valence-electron chi connectivity index (χ3n) is 2.92. The van der Waals surface area contributed by atoms with Gasteiger partial charge in [0.05, 0.1) is 6.54 Å². The van der Waals surface area contributed by atoms with Crippen molar-refractivity contribution in [2.24, 2.45) is 5.73 Å². The second-order valence-electron chi connectivity index (χ2n) is 4.82. The molecule has 0 unspecified atom stereocenters. The summed E-state index contributed by atoms with van der Waals surface area (Å²) in [5.41, 5.74) is 6.86. The Kier molecular flexibility index (Phi) is 6.39.